The maximum atomic E-state index is 12.0. The molecule has 1 aromatic carbocycles. The summed E-state index contributed by atoms with van der Waals surface area (Å²) in [6.45, 7) is 3.73. The molecule has 27 heavy (non-hydrogen) atoms. The SMILES string of the molecule is Cc1cc(Oc2ncnc3occc23)ccc1C1C(C)C(=O)NC(=O)N1C. The van der Waals surface area contributed by atoms with Gasteiger partial charge in [-0.1, -0.05) is 13.0 Å². The lowest BCUT2D eigenvalue weighted by atomic mass is 9.88. The number of aromatic nitrogens is 2. The lowest BCUT2D eigenvalue weighted by molar-refractivity contribution is -0.127. The summed E-state index contributed by atoms with van der Waals surface area (Å²) < 4.78 is 11.2. The number of nitrogens with zero attached hydrogens (tertiary/aromatic N) is 3. The summed E-state index contributed by atoms with van der Waals surface area (Å²) in [7, 11) is 1.68. The number of hydrogen-bond donors (Lipinski definition) is 1. The zero-order valence-corrected chi connectivity index (χ0v) is 15.1. The molecule has 0 spiro atoms. The monoisotopic (exact) mass is 366 g/mol. The second-order valence-electron chi connectivity index (χ2n) is 6.58. The van der Waals surface area contributed by atoms with Crippen LogP contribution >= 0.6 is 0 Å². The first-order chi connectivity index (χ1) is 13.0. The van der Waals surface area contributed by atoms with Gasteiger partial charge in [-0.05, 0) is 36.2 Å². The number of urea groups is 1. The Balaban J connectivity index is 1.66. The van der Waals surface area contributed by atoms with Crippen LogP contribution < -0.4 is 10.1 Å². The molecule has 4 rings (SSSR count). The highest BCUT2D eigenvalue weighted by Gasteiger charge is 2.38. The summed E-state index contributed by atoms with van der Waals surface area (Å²) in [5, 5.41) is 3.04. The molecule has 3 amide bonds. The Morgan fingerprint density at radius 2 is 2.04 bits per heavy atom. The third-order valence-corrected chi connectivity index (χ3v) is 4.85. The molecule has 0 bridgehead atoms. The van der Waals surface area contributed by atoms with Gasteiger partial charge in [0.05, 0.1) is 18.2 Å². The van der Waals surface area contributed by atoms with Crippen molar-refractivity contribution in [3.8, 4) is 11.6 Å². The van der Waals surface area contributed by atoms with Crippen molar-refractivity contribution in [1.29, 1.82) is 0 Å². The zero-order valence-electron chi connectivity index (χ0n) is 15.1. The van der Waals surface area contributed by atoms with E-state index in [-0.39, 0.29) is 17.9 Å². The van der Waals surface area contributed by atoms with Gasteiger partial charge in [0.15, 0.2) is 0 Å². The van der Waals surface area contributed by atoms with Gasteiger partial charge in [0.2, 0.25) is 17.5 Å². The molecule has 1 fully saturated rings. The Morgan fingerprint density at radius 1 is 1.22 bits per heavy atom. The average Bonchev–Trinajstić information content (AvgIpc) is 3.12. The number of benzene rings is 1. The van der Waals surface area contributed by atoms with Gasteiger partial charge in [0, 0.05) is 7.05 Å². The normalized spacial score (nSPS) is 20.0. The Kier molecular flexibility index (Phi) is 4.02. The smallest absolute Gasteiger partial charge is 0.324 e. The maximum Gasteiger partial charge on any atom is 0.324 e. The van der Waals surface area contributed by atoms with Crippen LogP contribution in [0.25, 0.3) is 11.1 Å². The molecule has 8 nitrogen and oxygen atoms in total. The third-order valence-electron chi connectivity index (χ3n) is 4.85. The summed E-state index contributed by atoms with van der Waals surface area (Å²) in [5.74, 6) is 0.370. The van der Waals surface area contributed by atoms with Gasteiger partial charge in [0.25, 0.3) is 0 Å². The predicted octanol–water partition coefficient (Wildman–Crippen LogP) is 3.18. The minimum absolute atomic E-state index is 0.272. The number of rotatable bonds is 3. The molecule has 3 heterocycles. The number of nitrogens with one attached hydrogen (secondary N) is 1. The number of hydrogen-bond acceptors (Lipinski definition) is 6. The van der Waals surface area contributed by atoms with E-state index in [0.29, 0.717) is 22.7 Å². The van der Waals surface area contributed by atoms with Crippen LogP contribution in [0, 0.1) is 12.8 Å². The quantitative estimate of drug-likeness (QED) is 0.764. The van der Waals surface area contributed by atoms with E-state index in [2.05, 4.69) is 15.3 Å². The molecule has 1 saturated heterocycles. The van der Waals surface area contributed by atoms with Gasteiger partial charge in [0.1, 0.15) is 17.5 Å². The average molecular weight is 366 g/mol. The Bertz CT molecular complexity index is 1030. The molecule has 138 valence electrons. The van der Waals surface area contributed by atoms with E-state index in [0.717, 1.165) is 11.1 Å². The summed E-state index contributed by atoms with van der Waals surface area (Å²) in [6.07, 6.45) is 2.91. The maximum absolute atomic E-state index is 12.0. The van der Waals surface area contributed by atoms with Crippen LogP contribution in [0.2, 0.25) is 0 Å². The molecule has 8 heteroatoms. The lowest BCUT2D eigenvalue weighted by Crippen LogP contribution is -2.53. The lowest BCUT2D eigenvalue weighted by Gasteiger charge is -2.37. The summed E-state index contributed by atoms with van der Waals surface area (Å²) in [4.78, 5) is 33.8. The van der Waals surface area contributed by atoms with Crippen LogP contribution in [-0.2, 0) is 4.79 Å². The van der Waals surface area contributed by atoms with Gasteiger partial charge in [-0.2, -0.15) is 0 Å². The molecule has 1 N–H and O–H groups in total. The molecular formula is C19H18N4O4. The first-order valence-corrected chi connectivity index (χ1v) is 8.50. The van der Waals surface area contributed by atoms with Crippen molar-refractivity contribution in [3.05, 3.63) is 48.0 Å². The van der Waals surface area contributed by atoms with Gasteiger partial charge >= 0.3 is 6.03 Å². The number of furan rings is 1. The Labute approximate surface area is 155 Å². The molecule has 1 aliphatic heterocycles. The van der Waals surface area contributed by atoms with Crippen LogP contribution in [0.1, 0.15) is 24.1 Å². The largest absolute Gasteiger partial charge is 0.446 e. The highest BCUT2D eigenvalue weighted by molar-refractivity contribution is 5.98. The van der Waals surface area contributed by atoms with Gasteiger partial charge in [-0.25, -0.2) is 14.8 Å². The van der Waals surface area contributed by atoms with E-state index >= 15 is 0 Å². The number of fused-ring (bicyclic) bond motifs is 1. The van der Waals surface area contributed by atoms with Gasteiger partial charge < -0.3 is 14.1 Å². The van der Waals surface area contributed by atoms with Crippen molar-refractivity contribution in [3.63, 3.8) is 0 Å². The molecule has 3 aromatic rings. The van der Waals surface area contributed by atoms with E-state index in [1.807, 2.05) is 26.0 Å². The van der Waals surface area contributed by atoms with Crippen LogP contribution in [0.5, 0.6) is 11.6 Å². The van der Waals surface area contributed by atoms with Crippen LogP contribution in [0.15, 0.2) is 41.3 Å². The van der Waals surface area contributed by atoms with Crippen LogP contribution in [-0.4, -0.2) is 33.9 Å². The molecule has 0 aliphatic carbocycles. The van der Waals surface area contributed by atoms with Crippen LogP contribution in [0.4, 0.5) is 4.79 Å². The Morgan fingerprint density at radius 3 is 2.81 bits per heavy atom. The number of imide groups is 1. The van der Waals surface area contributed by atoms with E-state index in [1.54, 1.807) is 24.1 Å². The minimum Gasteiger partial charge on any atom is -0.446 e. The van der Waals surface area contributed by atoms with Crippen molar-refractivity contribution in [2.75, 3.05) is 7.05 Å². The molecule has 2 aromatic heterocycles. The number of ether oxygens (including phenoxy) is 1. The second kappa shape index (κ2) is 6.39. The summed E-state index contributed by atoms with van der Waals surface area (Å²) in [5.41, 5.74) is 2.27. The molecule has 1 aliphatic rings. The van der Waals surface area contributed by atoms with Gasteiger partial charge in [-0.15, -0.1) is 0 Å². The zero-order chi connectivity index (χ0) is 19.1. The molecule has 2 atom stereocenters. The highest BCUT2D eigenvalue weighted by Crippen LogP contribution is 2.35. The van der Waals surface area contributed by atoms with Crippen molar-refractivity contribution in [2.45, 2.75) is 19.9 Å². The third kappa shape index (κ3) is 2.88. The first kappa shape index (κ1) is 17.0. The number of amides is 3. The van der Waals surface area contributed by atoms with Gasteiger partial charge in [-0.3, -0.25) is 10.1 Å². The fourth-order valence-electron chi connectivity index (χ4n) is 3.39. The minimum atomic E-state index is -0.397. The predicted molar refractivity (Wildman–Crippen MR) is 96.3 cm³/mol. The second-order valence-corrected chi connectivity index (χ2v) is 6.58. The fraction of sp³-hybridized carbons (Fsp3) is 0.263. The standard InChI is InChI=1S/C19H18N4O4/c1-10-8-12(27-18-14-6-7-26-17(14)20-9-21-18)4-5-13(10)15-11(2)16(24)22-19(25)23(15)3/h4-9,11,15H,1-3H3,(H,22,24,25). The highest BCUT2D eigenvalue weighted by atomic mass is 16.5. The van der Waals surface area contributed by atoms with Crippen molar-refractivity contribution < 1.29 is 18.7 Å². The molecule has 0 saturated carbocycles. The Hall–Kier alpha value is -3.42. The van der Waals surface area contributed by atoms with E-state index in [9.17, 15) is 9.59 Å². The first-order valence-electron chi connectivity index (χ1n) is 8.50. The number of carbonyl (C=O) groups excluding carboxylic acids is 2. The molecule has 0 radical (unpaired) electrons. The van der Waals surface area contributed by atoms with E-state index in [1.165, 1.54) is 12.6 Å². The topological polar surface area (TPSA) is 97.6 Å². The van der Waals surface area contributed by atoms with Crippen molar-refractivity contribution in [2.24, 2.45) is 5.92 Å². The number of aryl methyl sites for hydroxylation is 1. The van der Waals surface area contributed by atoms with Crippen molar-refractivity contribution in [1.82, 2.24) is 20.2 Å². The fourth-order valence-corrected chi connectivity index (χ4v) is 3.39. The molecule has 2 unspecified atom stereocenters. The van der Waals surface area contributed by atoms with E-state index in [4.69, 9.17) is 9.15 Å². The van der Waals surface area contributed by atoms with Crippen molar-refractivity contribution >= 4 is 23.0 Å². The number of carbonyl (C=O) groups is 2. The summed E-state index contributed by atoms with van der Waals surface area (Å²) in [6, 6.07) is 6.55. The van der Waals surface area contributed by atoms with E-state index < -0.39 is 6.03 Å². The molecular weight excluding hydrogens is 348 g/mol. The summed E-state index contributed by atoms with van der Waals surface area (Å²) >= 11 is 0. The van der Waals surface area contributed by atoms with Crippen LogP contribution in [0.3, 0.4) is 0 Å².